The lowest BCUT2D eigenvalue weighted by Gasteiger charge is -2.20. The quantitative estimate of drug-likeness (QED) is 0.677. The molecule has 0 radical (unpaired) electrons. The molecule has 0 saturated heterocycles. The van der Waals surface area contributed by atoms with Gasteiger partial charge in [-0.15, -0.1) is 0 Å². The summed E-state index contributed by atoms with van der Waals surface area (Å²) in [5.41, 5.74) is 0.636. The number of amides is 1. The van der Waals surface area contributed by atoms with Crippen LogP contribution in [0.1, 0.15) is 17.9 Å². The van der Waals surface area contributed by atoms with Crippen molar-refractivity contribution in [2.45, 2.75) is 18.5 Å². The lowest BCUT2D eigenvalue weighted by Crippen LogP contribution is -2.26. The first-order chi connectivity index (χ1) is 13.4. The van der Waals surface area contributed by atoms with Gasteiger partial charge < -0.3 is 14.8 Å². The Bertz CT molecular complexity index is 962. The van der Waals surface area contributed by atoms with Crippen LogP contribution in [0.3, 0.4) is 0 Å². The minimum absolute atomic E-state index is 0.0522. The van der Waals surface area contributed by atoms with Crippen LogP contribution < -0.4 is 14.8 Å². The molecule has 0 saturated carbocycles. The van der Waals surface area contributed by atoms with Crippen molar-refractivity contribution in [3.63, 3.8) is 0 Å². The van der Waals surface area contributed by atoms with Gasteiger partial charge >= 0.3 is 6.18 Å². The van der Waals surface area contributed by atoms with Crippen molar-refractivity contribution in [2.24, 2.45) is 0 Å². The molecule has 2 heterocycles. The van der Waals surface area contributed by atoms with Crippen molar-refractivity contribution < 1.29 is 27.4 Å². The maximum Gasteiger partial charge on any atom is 0.396 e. The van der Waals surface area contributed by atoms with E-state index in [1.807, 2.05) is 0 Å². The molecule has 0 bridgehead atoms. The number of benzene rings is 2. The number of hydrogen-bond acceptors (Lipinski definition) is 5. The smallest absolute Gasteiger partial charge is 0.396 e. The van der Waals surface area contributed by atoms with Gasteiger partial charge in [-0.3, -0.25) is 4.79 Å². The molecule has 1 aliphatic rings. The first kappa shape index (κ1) is 18.5. The summed E-state index contributed by atoms with van der Waals surface area (Å²) < 4.78 is 52.0. The van der Waals surface area contributed by atoms with E-state index >= 15 is 0 Å². The summed E-state index contributed by atoms with van der Waals surface area (Å²) >= 11 is 1.17. The molecule has 0 aliphatic carbocycles. The highest BCUT2D eigenvalue weighted by Crippen LogP contribution is 2.39. The molecule has 9 heteroatoms. The summed E-state index contributed by atoms with van der Waals surface area (Å²) in [5, 5.41) is 2.71. The molecule has 4 rings (SSSR count). The van der Waals surface area contributed by atoms with Crippen molar-refractivity contribution in [3.8, 4) is 11.5 Å². The standard InChI is InChI=1S/C19H15F3N2O3S/c20-19(21,22)12(11-4-2-1-3-5-11)8-17(25)24-18-23-13-9-14-15(10-16(13)28-18)27-7-6-26-14/h1-5,9-10,12H,6-8H2,(H,23,24,25)/t12-/m1/s1. The fourth-order valence-electron chi connectivity index (χ4n) is 2.98. The molecule has 1 amide bonds. The average Bonchev–Trinajstić information content (AvgIpc) is 3.04. The van der Waals surface area contributed by atoms with Crippen LogP contribution in [0.4, 0.5) is 18.3 Å². The van der Waals surface area contributed by atoms with Crippen molar-refractivity contribution in [3.05, 3.63) is 48.0 Å². The van der Waals surface area contributed by atoms with Crippen LogP contribution in [0.2, 0.25) is 0 Å². The fourth-order valence-corrected chi connectivity index (χ4v) is 3.87. The van der Waals surface area contributed by atoms with E-state index in [2.05, 4.69) is 10.3 Å². The number of rotatable bonds is 4. The van der Waals surface area contributed by atoms with E-state index in [1.165, 1.54) is 35.6 Å². The van der Waals surface area contributed by atoms with Gasteiger partial charge in [0.25, 0.3) is 0 Å². The molecule has 0 unspecified atom stereocenters. The van der Waals surface area contributed by atoms with Gasteiger partial charge in [-0.2, -0.15) is 13.2 Å². The zero-order chi connectivity index (χ0) is 19.7. The van der Waals surface area contributed by atoms with Gasteiger partial charge in [-0.25, -0.2) is 4.98 Å². The number of carbonyl (C=O) groups is 1. The zero-order valence-electron chi connectivity index (χ0n) is 14.5. The molecule has 1 aromatic heterocycles. The number of halogens is 3. The monoisotopic (exact) mass is 408 g/mol. The number of anilines is 1. The number of carbonyl (C=O) groups excluding carboxylic acids is 1. The Hall–Kier alpha value is -2.81. The maximum absolute atomic E-state index is 13.4. The van der Waals surface area contributed by atoms with Crippen LogP contribution in [0.5, 0.6) is 11.5 Å². The van der Waals surface area contributed by atoms with E-state index < -0.39 is 24.4 Å². The number of nitrogens with zero attached hydrogens (tertiary/aromatic N) is 1. The first-order valence-electron chi connectivity index (χ1n) is 8.52. The number of fused-ring (bicyclic) bond motifs is 2. The minimum Gasteiger partial charge on any atom is -0.486 e. The molecular weight excluding hydrogens is 393 g/mol. The highest BCUT2D eigenvalue weighted by Gasteiger charge is 2.41. The second-order valence-electron chi connectivity index (χ2n) is 6.24. The Morgan fingerprint density at radius 1 is 1.14 bits per heavy atom. The molecule has 1 aliphatic heterocycles. The Morgan fingerprint density at radius 2 is 1.82 bits per heavy atom. The molecule has 2 aromatic carbocycles. The van der Waals surface area contributed by atoms with Crippen LogP contribution in [0, 0.1) is 0 Å². The molecule has 1 N–H and O–H groups in total. The van der Waals surface area contributed by atoms with Crippen LogP contribution in [-0.2, 0) is 4.79 Å². The number of ether oxygens (including phenoxy) is 2. The van der Waals surface area contributed by atoms with Crippen molar-refractivity contribution in [1.82, 2.24) is 4.98 Å². The van der Waals surface area contributed by atoms with Gasteiger partial charge in [0, 0.05) is 18.6 Å². The van der Waals surface area contributed by atoms with Gasteiger partial charge in [0.05, 0.1) is 16.1 Å². The molecule has 0 spiro atoms. The summed E-state index contributed by atoms with van der Waals surface area (Å²) in [4.78, 5) is 16.6. The van der Waals surface area contributed by atoms with Gasteiger partial charge in [0.15, 0.2) is 16.6 Å². The van der Waals surface area contributed by atoms with Gasteiger partial charge in [-0.1, -0.05) is 41.7 Å². The second kappa shape index (κ2) is 7.31. The third-order valence-electron chi connectivity index (χ3n) is 4.29. The molecule has 5 nitrogen and oxygen atoms in total. The van der Waals surface area contributed by atoms with Gasteiger partial charge in [0.2, 0.25) is 5.91 Å². The topological polar surface area (TPSA) is 60.5 Å². The van der Waals surface area contributed by atoms with Crippen molar-refractivity contribution in [1.29, 1.82) is 0 Å². The third kappa shape index (κ3) is 3.89. The number of alkyl halides is 3. The van der Waals surface area contributed by atoms with Gasteiger partial charge in [-0.05, 0) is 5.56 Å². The highest BCUT2D eigenvalue weighted by atomic mass is 32.1. The highest BCUT2D eigenvalue weighted by molar-refractivity contribution is 7.22. The molecule has 146 valence electrons. The molecule has 1 atom stereocenters. The van der Waals surface area contributed by atoms with Crippen LogP contribution in [0.25, 0.3) is 10.2 Å². The maximum atomic E-state index is 13.4. The molecule has 3 aromatic rings. The first-order valence-corrected chi connectivity index (χ1v) is 9.33. The summed E-state index contributed by atoms with van der Waals surface area (Å²) in [7, 11) is 0. The summed E-state index contributed by atoms with van der Waals surface area (Å²) in [6, 6.07) is 10.8. The second-order valence-corrected chi connectivity index (χ2v) is 7.27. The number of thiazole rings is 1. The largest absolute Gasteiger partial charge is 0.486 e. The molecular formula is C19H15F3N2O3S. The third-order valence-corrected chi connectivity index (χ3v) is 5.22. The Labute approximate surface area is 162 Å². The van der Waals surface area contributed by atoms with Crippen molar-refractivity contribution >= 4 is 32.6 Å². The number of aromatic nitrogens is 1. The average molecular weight is 408 g/mol. The van der Waals surface area contributed by atoms with Crippen molar-refractivity contribution in [2.75, 3.05) is 18.5 Å². The minimum atomic E-state index is -4.53. The zero-order valence-corrected chi connectivity index (χ0v) is 15.3. The lowest BCUT2D eigenvalue weighted by atomic mass is 9.95. The van der Waals surface area contributed by atoms with Crippen LogP contribution >= 0.6 is 11.3 Å². The SMILES string of the molecule is O=C(C[C@H](c1ccccc1)C(F)(F)F)Nc1nc2cc3c(cc2s1)OCCO3. The van der Waals surface area contributed by atoms with Gasteiger partial charge in [0.1, 0.15) is 13.2 Å². The Balaban J connectivity index is 1.52. The summed E-state index contributed by atoms with van der Waals surface area (Å²) in [6.07, 6.45) is -5.24. The number of hydrogen-bond donors (Lipinski definition) is 1. The molecule has 28 heavy (non-hydrogen) atoms. The number of nitrogens with one attached hydrogen (secondary N) is 1. The Morgan fingerprint density at radius 3 is 2.50 bits per heavy atom. The predicted octanol–water partition coefficient (Wildman–Crippen LogP) is 4.74. The fraction of sp³-hybridized carbons (Fsp3) is 0.263. The van der Waals surface area contributed by atoms with E-state index in [0.717, 1.165) is 4.70 Å². The summed E-state index contributed by atoms with van der Waals surface area (Å²) in [5.74, 6) is -1.48. The van der Waals surface area contributed by atoms with E-state index in [-0.39, 0.29) is 10.7 Å². The van der Waals surface area contributed by atoms with Crippen LogP contribution in [-0.4, -0.2) is 30.3 Å². The normalized spacial score (nSPS) is 14.7. The molecule has 0 fully saturated rings. The van der Waals surface area contributed by atoms with E-state index in [1.54, 1.807) is 18.2 Å². The predicted molar refractivity (Wildman–Crippen MR) is 99.1 cm³/mol. The Kier molecular flexibility index (Phi) is 4.84. The lowest BCUT2D eigenvalue weighted by molar-refractivity contribution is -0.155. The van der Waals surface area contributed by atoms with E-state index in [0.29, 0.717) is 30.2 Å². The summed E-state index contributed by atoms with van der Waals surface area (Å²) in [6.45, 7) is 0.879. The van der Waals surface area contributed by atoms with Crippen LogP contribution in [0.15, 0.2) is 42.5 Å². The van der Waals surface area contributed by atoms with E-state index in [9.17, 15) is 18.0 Å². The van der Waals surface area contributed by atoms with E-state index in [4.69, 9.17) is 9.47 Å².